The zero-order valence-electron chi connectivity index (χ0n) is 17.1. The Bertz CT molecular complexity index is 903. The van der Waals surface area contributed by atoms with Crippen molar-refractivity contribution >= 4 is 80.1 Å². The molecular formula is C22H22Cl2N2O2S4. The minimum Gasteiger partial charge on any atom is -0.324 e. The SMILES string of the molecule is O=C(c1ccccc1SSc1ccccc1C(=O)N1CSC[C@H]1CCl)N1CSC[C@H]1CCl. The summed E-state index contributed by atoms with van der Waals surface area (Å²) < 4.78 is 0. The van der Waals surface area contributed by atoms with Crippen LogP contribution >= 0.6 is 68.3 Å². The summed E-state index contributed by atoms with van der Waals surface area (Å²) in [5.41, 5.74) is 1.34. The Morgan fingerprint density at radius 2 is 1.19 bits per heavy atom. The van der Waals surface area contributed by atoms with Crippen LogP contribution in [0.3, 0.4) is 0 Å². The third-order valence-corrected chi connectivity index (χ3v) is 10.7. The van der Waals surface area contributed by atoms with E-state index in [4.69, 9.17) is 23.2 Å². The van der Waals surface area contributed by atoms with Gasteiger partial charge in [0.25, 0.3) is 11.8 Å². The molecule has 0 aromatic heterocycles. The number of benzene rings is 2. The lowest BCUT2D eigenvalue weighted by molar-refractivity contribution is 0.0748. The van der Waals surface area contributed by atoms with E-state index in [0.29, 0.717) is 34.6 Å². The quantitative estimate of drug-likeness (QED) is 0.314. The molecule has 0 spiro atoms. The maximum absolute atomic E-state index is 13.2. The van der Waals surface area contributed by atoms with Crippen LogP contribution < -0.4 is 0 Å². The topological polar surface area (TPSA) is 40.6 Å². The summed E-state index contributed by atoms with van der Waals surface area (Å²) in [6, 6.07) is 15.4. The summed E-state index contributed by atoms with van der Waals surface area (Å²) in [6.45, 7) is 0. The maximum atomic E-state index is 13.2. The molecule has 0 radical (unpaired) electrons. The van der Waals surface area contributed by atoms with Crippen LogP contribution in [0.2, 0.25) is 0 Å². The van der Waals surface area contributed by atoms with Crippen molar-refractivity contribution in [2.24, 2.45) is 0 Å². The van der Waals surface area contributed by atoms with E-state index in [0.717, 1.165) is 21.3 Å². The summed E-state index contributed by atoms with van der Waals surface area (Å²) >= 11 is 15.6. The van der Waals surface area contributed by atoms with Crippen LogP contribution in [0.1, 0.15) is 20.7 Å². The molecular weight excluding hydrogens is 523 g/mol. The van der Waals surface area contributed by atoms with Gasteiger partial charge >= 0.3 is 0 Å². The van der Waals surface area contributed by atoms with Crippen molar-refractivity contribution in [3.8, 4) is 0 Å². The van der Waals surface area contributed by atoms with Crippen LogP contribution in [0.25, 0.3) is 0 Å². The van der Waals surface area contributed by atoms with Crippen molar-refractivity contribution in [2.45, 2.75) is 21.9 Å². The fraction of sp³-hybridized carbons (Fsp3) is 0.364. The number of halogens is 2. The van der Waals surface area contributed by atoms with Crippen molar-refractivity contribution in [3.63, 3.8) is 0 Å². The Morgan fingerprint density at radius 1 is 0.781 bits per heavy atom. The summed E-state index contributed by atoms with van der Waals surface area (Å²) in [7, 11) is 3.01. The first-order chi connectivity index (χ1) is 15.6. The molecule has 2 atom stereocenters. The van der Waals surface area contributed by atoms with Gasteiger partial charge in [-0.2, -0.15) is 0 Å². The lowest BCUT2D eigenvalue weighted by Crippen LogP contribution is -2.38. The van der Waals surface area contributed by atoms with Crippen LogP contribution in [-0.2, 0) is 0 Å². The second-order valence-electron chi connectivity index (χ2n) is 7.32. The highest BCUT2D eigenvalue weighted by Crippen LogP contribution is 2.42. The Kier molecular flexibility index (Phi) is 8.93. The molecule has 0 saturated carbocycles. The van der Waals surface area contributed by atoms with Gasteiger partial charge < -0.3 is 9.80 Å². The van der Waals surface area contributed by atoms with E-state index in [-0.39, 0.29) is 23.9 Å². The maximum Gasteiger partial charge on any atom is 0.256 e. The highest BCUT2D eigenvalue weighted by atomic mass is 35.5. The molecule has 0 unspecified atom stereocenters. The predicted molar refractivity (Wildman–Crippen MR) is 141 cm³/mol. The first-order valence-electron chi connectivity index (χ1n) is 10.1. The van der Waals surface area contributed by atoms with Gasteiger partial charge in [0.05, 0.1) is 35.0 Å². The van der Waals surface area contributed by atoms with Gasteiger partial charge in [0, 0.05) is 33.1 Å². The van der Waals surface area contributed by atoms with Crippen LogP contribution in [-0.4, -0.2) is 68.7 Å². The van der Waals surface area contributed by atoms with Gasteiger partial charge in [0.1, 0.15) is 0 Å². The summed E-state index contributed by atoms with van der Waals surface area (Å²) in [5.74, 6) is 3.96. The van der Waals surface area contributed by atoms with Gasteiger partial charge in [-0.15, -0.1) is 46.7 Å². The molecule has 2 aromatic carbocycles. The molecule has 32 heavy (non-hydrogen) atoms. The van der Waals surface area contributed by atoms with Gasteiger partial charge in [-0.25, -0.2) is 0 Å². The average Bonchev–Trinajstić information content (AvgIpc) is 3.51. The summed E-state index contributed by atoms with van der Waals surface area (Å²) in [5, 5.41) is 0. The molecule has 2 amide bonds. The van der Waals surface area contributed by atoms with Gasteiger partial charge in [0.15, 0.2) is 0 Å². The fourth-order valence-corrected chi connectivity index (χ4v) is 9.06. The van der Waals surface area contributed by atoms with E-state index < -0.39 is 0 Å². The highest BCUT2D eigenvalue weighted by Gasteiger charge is 2.32. The molecule has 10 heteroatoms. The van der Waals surface area contributed by atoms with Gasteiger partial charge in [0.2, 0.25) is 0 Å². The van der Waals surface area contributed by atoms with Crippen molar-refractivity contribution in [2.75, 3.05) is 35.0 Å². The number of carbonyl (C=O) groups is 2. The minimum atomic E-state index is 0.00718. The van der Waals surface area contributed by atoms with E-state index in [1.54, 1.807) is 23.5 Å². The van der Waals surface area contributed by atoms with Crippen molar-refractivity contribution in [1.29, 1.82) is 0 Å². The Hall–Kier alpha value is -0.640. The normalized spacial score (nSPS) is 20.7. The third-order valence-electron chi connectivity index (χ3n) is 5.30. The zero-order chi connectivity index (χ0) is 22.5. The molecule has 4 nitrogen and oxygen atoms in total. The summed E-state index contributed by atoms with van der Waals surface area (Å²) in [6.07, 6.45) is 0. The van der Waals surface area contributed by atoms with E-state index in [1.165, 1.54) is 21.6 Å². The molecule has 2 heterocycles. The molecule has 170 valence electrons. The third kappa shape index (κ3) is 5.36. The number of hydrogen-bond donors (Lipinski definition) is 0. The fourth-order valence-electron chi connectivity index (χ4n) is 3.50. The predicted octanol–water partition coefficient (Wildman–Crippen LogP) is 5.99. The van der Waals surface area contributed by atoms with Crippen molar-refractivity contribution in [1.82, 2.24) is 9.80 Å². The number of amides is 2. The van der Waals surface area contributed by atoms with Crippen LogP contribution in [0.5, 0.6) is 0 Å². The molecule has 0 bridgehead atoms. The minimum absolute atomic E-state index is 0.00718. The van der Waals surface area contributed by atoms with E-state index in [1.807, 2.05) is 58.3 Å². The van der Waals surface area contributed by atoms with Crippen LogP contribution in [0.4, 0.5) is 0 Å². The molecule has 4 rings (SSSR count). The standard InChI is InChI=1S/C22H22Cl2N2O2S4/c23-9-15-11-29-13-25(15)21(27)17-5-1-3-7-19(17)31-32-20-8-4-2-6-18(20)22(28)26-14-30-12-16(26)10-24/h1-8,15-16H,9-14H2/t15-,16-/m1/s1. The van der Waals surface area contributed by atoms with E-state index in [2.05, 4.69) is 0 Å². The molecule has 2 saturated heterocycles. The average molecular weight is 546 g/mol. The zero-order valence-corrected chi connectivity index (χ0v) is 21.9. The molecule has 2 aromatic rings. The van der Waals surface area contributed by atoms with Crippen molar-refractivity contribution < 1.29 is 9.59 Å². The lowest BCUT2D eigenvalue weighted by atomic mass is 10.2. The van der Waals surface area contributed by atoms with Gasteiger partial charge in [-0.1, -0.05) is 45.9 Å². The Morgan fingerprint density at radius 3 is 1.59 bits per heavy atom. The molecule has 2 fully saturated rings. The first kappa shape index (κ1) is 24.5. The Labute approximate surface area is 214 Å². The van der Waals surface area contributed by atoms with E-state index in [9.17, 15) is 9.59 Å². The Balaban J connectivity index is 1.52. The molecule has 0 N–H and O–H groups in total. The lowest BCUT2D eigenvalue weighted by Gasteiger charge is -2.23. The largest absolute Gasteiger partial charge is 0.324 e. The highest BCUT2D eigenvalue weighted by molar-refractivity contribution is 8.76. The molecule has 2 aliphatic rings. The second-order valence-corrected chi connectivity index (χ2v) is 12.2. The number of alkyl halides is 2. The number of nitrogens with zero attached hydrogens (tertiary/aromatic N) is 2. The van der Waals surface area contributed by atoms with E-state index >= 15 is 0 Å². The van der Waals surface area contributed by atoms with Crippen LogP contribution in [0, 0.1) is 0 Å². The van der Waals surface area contributed by atoms with Crippen LogP contribution in [0.15, 0.2) is 58.3 Å². The van der Waals surface area contributed by atoms with Gasteiger partial charge in [-0.05, 0) is 24.3 Å². The molecule has 0 aliphatic carbocycles. The summed E-state index contributed by atoms with van der Waals surface area (Å²) in [4.78, 5) is 31.9. The molecule has 2 aliphatic heterocycles. The number of hydrogen-bond acceptors (Lipinski definition) is 6. The van der Waals surface area contributed by atoms with Gasteiger partial charge in [-0.3, -0.25) is 9.59 Å². The first-order valence-corrected chi connectivity index (χ1v) is 15.6. The monoisotopic (exact) mass is 544 g/mol. The van der Waals surface area contributed by atoms with Crippen molar-refractivity contribution in [3.05, 3.63) is 59.7 Å². The number of rotatable bonds is 7. The number of carbonyl (C=O) groups excluding carboxylic acids is 2. The smallest absolute Gasteiger partial charge is 0.256 e. The second kappa shape index (κ2) is 11.7. The number of thioether (sulfide) groups is 2.